The minimum atomic E-state index is -0.850. The molecule has 0 aromatic heterocycles. The molecule has 0 saturated heterocycles. The Morgan fingerprint density at radius 1 is 0.391 bits per heavy atom. The molecular formula is C63H121NO5. The highest BCUT2D eigenvalue weighted by Crippen LogP contribution is 2.17. The maximum Gasteiger partial charge on any atom is 0.305 e. The summed E-state index contributed by atoms with van der Waals surface area (Å²) in [5, 5.41) is 23.2. The first-order valence-electron chi connectivity index (χ1n) is 31.1. The fraction of sp³-hybridized carbons (Fsp3) is 0.905. The van der Waals surface area contributed by atoms with Gasteiger partial charge in [-0.15, -0.1) is 0 Å². The Balaban J connectivity index is 3.47. The van der Waals surface area contributed by atoms with E-state index in [0.717, 1.165) is 51.4 Å². The third-order valence-corrected chi connectivity index (χ3v) is 14.5. The molecule has 0 aromatic carbocycles. The molecule has 0 aliphatic heterocycles. The minimum absolute atomic E-state index is 0.00563. The van der Waals surface area contributed by atoms with Gasteiger partial charge in [0.2, 0.25) is 5.91 Å². The van der Waals surface area contributed by atoms with Crippen LogP contribution >= 0.6 is 0 Å². The highest BCUT2D eigenvalue weighted by atomic mass is 16.5. The highest BCUT2D eigenvalue weighted by Gasteiger charge is 2.18. The fourth-order valence-corrected chi connectivity index (χ4v) is 9.69. The number of nitrogens with one attached hydrogen (secondary N) is 1. The second-order valence-corrected chi connectivity index (χ2v) is 21.4. The van der Waals surface area contributed by atoms with Crippen LogP contribution in [0.5, 0.6) is 0 Å². The molecule has 0 spiro atoms. The Morgan fingerprint density at radius 2 is 0.681 bits per heavy atom. The summed E-state index contributed by atoms with van der Waals surface area (Å²) in [7, 11) is 0. The molecule has 0 fully saturated rings. The highest BCUT2D eigenvalue weighted by molar-refractivity contribution is 5.76. The zero-order valence-electron chi connectivity index (χ0n) is 46.6. The first-order valence-corrected chi connectivity index (χ1v) is 31.1. The number of carbonyl (C=O) groups excluding carboxylic acids is 2. The molecule has 1 amide bonds. The molecular weight excluding hydrogens is 851 g/mol. The topological polar surface area (TPSA) is 95.9 Å². The van der Waals surface area contributed by atoms with Gasteiger partial charge in [0, 0.05) is 12.8 Å². The van der Waals surface area contributed by atoms with E-state index >= 15 is 0 Å². The summed E-state index contributed by atoms with van der Waals surface area (Å²) in [6.45, 7) is 4.91. The van der Waals surface area contributed by atoms with E-state index in [1.54, 1.807) is 6.08 Å². The Bertz CT molecular complexity index is 1080. The lowest BCUT2D eigenvalue weighted by molar-refractivity contribution is -0.143. The van der Waals surface area contributed by atoms with Gasteiger partial charge in [-0.25, -0.2) is 0 Å². The van der Waals surface area contributed by atoms with Crippen molar-refractivity contribution in [3.63, 3.8) is 0 Å². The lowest BCUT2D eigenvalue weighted by Crippen LogP contribution is -2.45. The first-order chi connectivity index (χ1) is 34.0. The lowest BCUT2D eigenvalue weighted by Gasteiger charge is -2.20. The number of carbonyl (C=O) groups is 2. The van der Waals surface area contributed by atoms with Crippen LogP contribution in [-0.4, -0.2) is 47.4 Å². The molecule has 0 rings (SSSR count). The normalized spacial score (nSPS) is 12.7. The van der Waals surface area contributed by atoms with Crippen molar-refractivity contribution < 1.29 is 24.5 Å². The van der Waals surface area contributed by atoms with Crippen LogP contribution in [0.25, 0.3) is 0 Å². The molecule has 0 bridgehead atoms. The van der Waals surface area contributed by atoms with Crippen LogP contribution in [0.3, 0.4) is 0 Å². The number of esters is 1. The van der Waals surface area contributed by atoms with Crippen LogP contribution in [0.4, 0.5) is 0 Å². The van der Waals surface area contributed by atoms with Crippen molar-refractivity contribution in [2.75, 3.05) is 13.2 Å². The predicted octanol–water partition coefficient (Wildman–Crippen LogP) is 19.4. The van der Waals surface area contributed by atoms with Gasteiger partial charge in [-0.2, -0.15) is 0 Å². The zero-order chi connectivity index (χ0) is 50.0. The SMILES string of the molecule is CCCCCCCCCCCCCCCCCCCCC/C=C/C(O)C(CO)NC(=O)CCCCCCCCC/C=C\CCCCCCCCCCCOC(=O)CCCCCCCCCCCCC. The van der Waals surface area contributed by atoms with Crippen molar-refractivity contribution in [3.05, 3.63) is 24.3 Å². The van der Waals surface area contributed by atoms with Crippen LogP contribution in [0, 0.1) is 0 Å². The van der Waals surface area contributed by atoms with Gasteiger partial charge in [0.05, 0.1) is 25.4 Å². The number of ether oxygens (including phenoxy) is 1. The number of rotatable bonds is 58. The molecule has 6 nitrogen and oxygen atoms in total. The van der Waals surface area contributed by atoms with Crippen LogP contribution < -0.4 is 5.32 Å². The van der Waals surface area contributed by atoms with E-state index in [4.69, 9.17) is 4.74 Å². The Morgan fingerprint density at radius 3 is 1.03 bits per heavy atom. The number of hydrogen-bond acceptors (Lipinski definition) is 5. The van der Waals surface area contributed by atoms with Gasteiger partial charge < -0.3 is 20.3 Å². The number of aliphatic hydroxyl groups is 2. The number of hydrogen-bond donors (Lipinski definition) is 3. The quantitative estimate of drug-likeness (QED) is 0.0321. The molecule has 69 heavy (non-hydrogen) atoms. The number of unbranched alkanes of at least 4 members (excludes halogenated alkanes) is 45. The molecule has 0 aromatic rings. The molecule has 2 unspecified atom stereocenters. The largest absolute Gasteiger partial charge is 0.466 e. The van der Waals surface area contributed by atoms with E-state index in [-0.39, 0.29) is 18.5 Å². The molecule has 0 heterocycles. The van der Waals surface area contributed by atoms with Gasteiger partial charge in [0.25, 0.3) is 0 Å². The summed E-state index contributed by atoms with van der Waals surface area (Å²) < 4.78 is 5.46. The molecule has 2 atom stereocenters. The maximum atomic E-state index is 12.5. The number of aliphatic hydroxyl groups excluding tert-OH is 2. The first kappa shape index (κ1) is 67.3. The predicted molar refractivity (Wildman–Crippen MR) is 301 cm³/mol. The Hall–Kier alpha value is -1.66. The summed E-state index contributed by atoms with van der Waals surface area (Å²) in [4.78, 5) is 24.5. The van der Waals surface area contributed by atoms with Crippen molar-refractivity contribution in [1.29, 1.82) is 0 Å². The summed E-state index contributed by atoms with van der Waals surface area (Å²) >= 11 is 0. The third kappa shape index (κ3) is 55.5. The van der Waals surface area contributed by atoms with Crippen LogP contribution in [0.2, 0.25) is 0 Å². The van der Waals surface area contributed by atoms with E-state index in [9.17, 15) is 19.8 Å². The summed E-state index contributed by atoms with van der Waals surface area (Å²) in [6, 6.07) is -0.635. The zero-order valence-corrected chi connectivity index (χ0v) is 46.6. The molecule has 6 heteroatoms. The molecule has 408 valence electrons. The molecule has 3 N–H and O–H groups in total. The van der Waals surface area contributed by atoms with Crippen molar-refractivity contribution in [2.24, 2.45) is 0 Å². The summed E-state index contributed by atoms with van der Waals surface area (Å²) in [5.74, 6) is -0.0679. The molecule has 0 aliphatic rings. The average molecular weight is 973 g/mol. The van der Waals surface area contributed by atoms with Gasteiger partial charge in [0.15, 0.2) is 0 Å². The summed E-state index contributed by atoms with van der Waals surface area (Å²) in [6.07, 6.45) is 72.1. The monoisotopic (exact) mass is 972 g/mol. The van der Waals surface area contributed by atoms with Gasteiger partial charge in [-0.3, -0.25) is 9.59 Å². The van der Waals surface area contributed by atoms with Crippen LogP contribution in [0.1, 0.15) is 341 Å². The van der Waals surface area contributed by atoms with Crippen molar-refractivity contribution in [1.82, 2.24) is 5.32 Å². The number of allylic oxidation sites excluding steroid dienone is 3. The second kappa shape index (κ2) is 58.9. The minimum Gasteiger partial charge on any atom is -0.466 e. The summed E-state index contributed by atoms with van der Waals surface area (Å²) in [5.41, 5.74) is 0. The smallest absolute Gasteiger partial charge is 0.305 e. The van der Waals surface area contributed by atoms with Crippen molar-refractivity contribution in [2.45, 2.75) is 353 Å². The van der Waals surface area contributed by atoms with E-state index in [1.165, 1.54) is 263 Å². The van der Waals surface area contributed by atoms with Crippen LogP contribution in [-0.2, 0) is 14.3 Å². The van der Waals surface area contributed by atoms with Gasteiger partial charge in [-0.05, 0) is 57.8 Å². The van der Waals surface area contributed by atoms with E-state index < -0.39 is 12.1 Å². The van der Waals surface area contributed by atoms with Crippen molar-refractivity contribution >= 4 is 11.9 Å². The standard InChI is InChI=1S/C63H121NO5/c1-3-5-7-9-11-13-15-16-17-18-19-20-23-26-29-32-36-39-43-47-51-55-61(66)60(59-65)64-62(67)56-52-48-44-40-37-33-30-27-24-21-22-25-28-31-34-38-42-46-50-54-58-69-63(68)57-53-49-45-41-35-14-12-10-8-6-4-2/h21,24,51,55,60-61,65-66H,3-20,22-23,25-50,52-54,56-59H2,1-2H3,(H,64,67)/b24-21-,55-51+. The lowest BCUT2D eigenvalue weighted by atomic mass is 10.0. The number of amides is 1. The Kier molecular flexibility index (Phi) is 57.5. The van der Waals surface area contributed by atoms with Gasteiger partial charge in [0.1, 0.15) is 0 Å². The molecule has 0 aliphatic carbocycles. The van der Waals surface area contributed by atoms with Crippen LogP contribution in [0.15, 0.2) is 24.3 Å². The van der Waals surface area contributed by atoms with Gasteiger partial charge >= 0.3 is 5.97 Å². The average Bonchev–Trinajstić information content (AvgIpc) is 3.35. The maximum absolute atomic E-state index is 12.5. The van der Waals surface area contributed by atoms with E-state index in [2.05, 4.69) is 31.3 Å². The fourth-order valence-electron chi connectivity index (χ4n) is 9.69. The third-order valence-electron chi connectivity index (χ3n) is 14.5. The van der Waals surface area contributed by atoms with Crippen molar-refractivity contribution in [3.8, 4) is 0 Å². The van der Waals surface area contributed by atoms with Gasteiger partial charge in [-0.1, -0.05) is 295 Å². The van der Waals surface area contributed by atoms with E-state index in [1.807, 2.05) is 6.08 Å². The second-order valence-electron chi connectivity index (χ2n) is 21.4. The Labute approximate surface area is 431 Å². The molecule has 0 radical (unpaired) electrons. The molecule has 0 saturated carbocycles. The van der Waals surface area contributed by atoms with E-state index in [0.29, 0.717) is 19.4 Å².